The highest BCUT2D eigenvalue weighted by molar-refractivity contribution is 7.99. The van der Waals surface area contributed by atoms with Crippen molar-refractivity contribution in [3.8, 4) is 0 Å². The molecule has 4 aromatic carbocycles. The van der Waals surface area contributed by atoms with E-state index >= 15 is 0 Å². The van der Waals surface area contributed by atoms with Gasteiger partial charge in [-0.05, 0) is 28.8 Å². The van der Waals surface area contributed by atoms with Crippen molar-refractivity contribution in [3.05, 3.63) is 138 Å². The van der Waals surface area contributed by atoms with Gasteiger partial charge in [0.05, 0.1) is 26.4 Å². The van der Waals surface area contributed by atoms with Gasteiger partial charge < -0.3 is 24.1 Å². The molecular weight excluding hydrogens is 508 g/mol. The van der Waals surface area contributed by atoms with E-state index in [0.29, 0.717) is 19.8 Å². The molecule has 0 saturated carbocycles. The highest BCUT2D eigenvalue weighted by Crippen LogP contribution is 2.36. The monoisotopic (exact) mass is 542 g/mol. The number of aliphatic hydroxyl groups excluding tert-OH is 1. The summed E-state index contributed by atoms with van der Waals surface area (Å²) in [7, 11) is 0. The van der Waals surface area contributed by atoms with Crippen molar-refractivity contribution in [3.63, 3.8) is 0 Å². The molecule has 1 aliphatic heterocycles. The SMILES string of the molecule is O[C@H]1[C@@H](OCc2ccccc2)[C@H](Sc2ccccc2)O[C@H](COCc2ccccc2)[C@H]1OCc1ccccc1. The van der Waals surface area contributed by atoms with Gasteiger partial charge in [-0.15, -0.1) is 0 Å². The number of benzene rings is 4. The average Bonchev–Trinajstić information content (AvgIpc) is 2.99. The zero-order chi connectivity index (χ0) is 26.7. The van der Waals surface area contributed by atoms with Crippen LogP contribution in [0.4, 0.5) is 0 Å². The lowest BCUT2D eigenvalue weighted by molar-refractivity contribution is -0.240. The van der Waals surface area contributed by atoms with Gasteiger partial charge in [0, 0.05) is 4.90 Å². The summed E-state index contributed by atoms with van der Waals surface area (Å²) in [5, 5.41) is 11.7. The van der Waals surface area contributed by atoms with Crippen LogP contribution in [-0.2, 0) is 38.8 Å². The van der Waals surface area contributed by atoms with E-state index < -0.39 is 29.9 Å². The van der Waals surface area contributed by atoms with Gasteiger partial charge in [-0.25, -0.2) is 0 Å². The van der Waals surface area contributed by atoms with Crippen LogP contribution in [0.2, 0.25) is 0 Å². The molecule has 0 bridgehead atoms. The Morgan fingerprint density at radius 3 is 1.59 bits per heavy atom. The molecule has 1 aliphatic rings. The van der Waals surface area contributed by atoms with Crippen molar-refractivity contribution in [1.82, 2.24) is 0 Å². The van der Waals surface area contributed by atoms with Gasteiger partial charge in [-0.2, -0.15) is 0 Å². The molecule has 1 heterocycles. The summed E-state index contributed by atoms with van der Waals surface area (Å²) >= 11 is 1.54. The fourth-order valence-corrected chi connectivity index (χ4v) is 5.70. The van der Waals surface area contributed by atoms with Crippen LogP contribution < -0.4 is 0 Å². The van der Waals surface area contributed by atoms with Gasteiger partial charge in [0.1, 0.15) is 29.9 Å². The molecule has 0 amide bonds. The molecule has 0 unspecified atom stereocenters. The number of ether oxygens (including phenoxy) is 4. The number of rotatable bonds is 12. The molecule has 0 aromatic heterocycles. The Hall–Kier alpha value is -2.97. The quantitative estimate of drug-likeness (QED) is 0.228. The third kappa shape index (κ3) is 8.02. The predicted octanol–water partition coefficient (Wildman–Crippen LogP) is 6.25. The minimum Gasteiger partial charge on any atom is -0.387 e. The van der Waals surface area contributed by atoms with Crippen LogP contribution in [0, 0.1) is 0 Å². The standard InChI is InChI=1S/C33H34O5S/c34-30-31(36-22-26-15-7-2-8-16-26)29(24-35-21-25-13-5-1-6-14-25)38-33(39-28-19-11-4-12-20-28)32(30)37-23-27-17-9-3-10-18-27/h1-20,29-34H,21-24H2/t29-,30-,31-,32-,33+/m1/s1. The van der Waals surface area contributed by atoms with Crippen LogP contribution in [-0.4, -0.2) is 41.6 Å². The molecule has 5 atom stereocenters. The van der Waals surface area contributed by atoms with Crippen LogP contribution in [0.5, 0.6) is 0 Å². The van der Waals surface area contributed by atoms with Gasteiger partial charge in [0.2, 0.25) is 0 Å². The van der Waals surface area contributed by atoms with E-state index in [-0.39, 0.29) is 6.61 Å². The lowest BCUT2D eigenvalue weighted by atomic mass is 9.99. The summed E-state index contributed by atoms with van der Waals surface area (Å²) in [6.45, 7) is 1.44. The van der Waals surface area contributed by atoms with E-state index in [2.05, 4.69) is 0 Å². The maximum Gasteiger partial charge on any atom is 0.137 e. The highest BCUT2D eigenvalue weighted by Gasteiger charge is 2.47. The largest absolute Gasteiger partial charge is 0.387 e. The summed E-state index contributed by atoms with van der Waals surface area (Å²) in [5.74, 6) is 0. The van der Waals surface area contributed by atoms with Crippen LogP contribution in [0.1, 0.15) is 16.7 Å². The fraction of sp³-hybridized carbons (Fsp3) is 0.273. The minimum absolute atomic E-state index is 0.280. The average molecular weight is 543 g/mol. The van der Waals surface area contributed by atoms with Crippen molar-refractivity contribution in [2.24, 2.45) is 0 Å². The predicted molar refractivity (Wildman–Crippen MR) is 153 cm³/mol. The molecular formula is C33H34O5S. The molecule has 0 aliphatic carbocycles. The summed E-state index contributed by atoms with van der Waals surface area (Å²) in [4.78, 5) is 1.04. The first-order chi connectivity index (χ1) is 19.3. The van der Waals surface area contributed by atoms with Gasteiger partial charge in [-0.1, -0.05) is 121 Å². The molecule has 202 valence electrons. The minimum atomic E-state index is -0.919. The summed E-state index contributed by atoms with van der Waals surface area (Å²) in [5.41, 5.74) is 2.68. The van der Waals surface area contributed by atoms with Crippen molar-refractivity contribution in [2.75, 3.05) is 6.61 Å². The van der Waals surface area contributed by atoms with Gasteiger partial charge in [0.25, 0.3) is 0 Å². The zero-order valence-electron chi connectivity index (χ0n) is 21.8. The van der Waals surface area contributed by atoms with Crippen LogP contribution >= 0.6 is 11.8 Å². The molecule has 0 radical (unpaired) electrons. The molecule has 39 heavy (non-hydrogen) atoms. The second kappa shape index (κ2) is 14.4. The number of hydrogen-bond acceptors (Lipinski definition) is 6. The molecule has 1 saturated heterocycles. The van der Waals surface area contributed by atoms with Gasteiger partial charge >= 0.3 is 0 Å². The number of hydrogen-bond donors (Lipinski definition) is 1. The first-order valence-corrected chi connectivity index (χ1v) is 14.1. The maximum atomic E-state index is 11.7. The second-order valence-corrected chi connectivity index (χ2v) is 10.7. The Balaban J connectivity index is 1.35. The zero-order valence-corrected chi connectivity index (χ0v) is 22.6. The van der Waals surface area contributed by atoms with E-state index in [9.17, 15) is 5.11 Å². The highest BCUT2D eigenvalue weighted by atomic mass is 32.2. The number of aliphatic hydroxyl groups is 1. The Bertz CT molecular complexity index is 1220. The Morgan fingerprint density at radius 2 is 1.05 bits per heavy atom. The van der Waals surface area contributed by atoms with Crippen LogP contribution in [0.25, 0.3) is 0 Å². The molecule has 1 N–H and O–H groups in total. The normalized spacial score (nSPS) is 22.9. The molecule has 1 fully saturated rings. The third-order valence-corrected chi connectivity index (χ3v) is 7.73. The van der Waals surface area contributed by atoms with Crippen LogP contribution in [0.3, 0.4) is 0 Å². The van der Waals surface area contributed by atoms with Crippen molar-refractivity contribution in [2.45, 2.75) is 54.6 Å². The molecule has 5 rings (SSSR count). The first-order valence-electron chi connectivity index (χ1n) is 13.2. The van der Waals surface area contributed by atoms with E-state index in [1.807, 2.05) is 121 Å². The smallest absolute Gasteiger partial charge is 0.137 e. The van der Waals surface area contributed by atoms with E-state index in [0.717, 1.165) is 21.6 Å². The first kappa shape index (κ1) is 27.6. The Kier molecular flexibility index (Phi) is 10.2. The molecule has 4 aromatic rings. The lowest BCUT2D eigenvalue weighted by Crippen LogP contribution is -2.59. The van der Waals surface area contributed by atoms with E-state index in [1.165, 1.54) is 0 Å². The van der Waals surface area contributed by atoms with Crippen molar-refractivity contribution < 1.29 is 24.1 Å². The van der Waals surface area contributed by atoms with E-state index in [4.69, 9.17) is 18.9 Å². The summed E-state index contributed by atoms with van der Waals surface area (Å²) < 4.78 is 25.4. The Morgan fingerprint density at radius 1 is 0.590 bits per heavy atom. The van der Waals surface area contributed by atoms with Gasteiger partial charge in [0.15, 0.2) is 0 Å². The fourth-order valence-electron chi connectivity index (χ4n) is 4.54. The maximum absolute atomic E-state index is 11.7. The Labute approximate surface area is 234 Å². The molecule has 5 nitrogen and oxygen atoms in total. The third-order valence-electron chi connectivity index (χ3n) is 6.58. The summed E-state index contributed by atoms with van der Waals surface area (Å²) in [6, 6.07) is 40.0. The lowest BCUT2D eigenvalue weighted by Gasteiger charge is -2.44. The van der Waals surface area contributed by atoms with Gasteiger partial charge in [-0.3, -0.25) is 0 Å². The van der Waals surface area contributed by atoms with E-state index in [1.54, 1.807) is 11.8 Å². The molecule has 6 heteroatoms. The molecule has 0 spiro atoms. The summed E-state index contributed by atoms with van der Waals surface area (Å²) in [6.07, 6.45) is -2.64. The van der Waals surface area contributed by atoms with Crippen molar-refractivity contribution >= 4 is 11.8 Å². The van der Waals surface area contributed by atoms with Crippen LogP contribution in [0.15, 0.2) is 126 Å². The topological polar surface area (TPSA) is 57.2 Å². The second-order valence-electron chi connectivity index (χ2n) is 9.49. The number of thioether (sulfide) groups is 1. The van der Waals surface area contributed by atoms with Crippen molar-refractivity contribution in [1.29, 1.82) is 0 Å².